The molecule has 2 fully saturated rings. The lowest BCUT2D eigenvalue weighted by atomic mass is 9.89. The summed E-state index contributed by atoms with van der Waals surface area (Å²) in [4.78, 5) is 23.6. The smallest absolute Gasteiger partial charge is 0.475 e. The lowest BCUT2D eigenvalue weighted by Gasteiger charge is -2.38. The quantitative estimate of drug-likeness (QED) is 0.708. The molecule has 0 radical (unpaired) electrons. The molecule has 32 heavy (non-hydrogen) atoms. The number of nitrogens with zero attached hydrogens (tertiary/aromatic N) is 3. The Kier molecular flexibility index (Phi) is 7.34. The van der Waals surface area contributed by atoms with Gasteiger partial charge in [0, 0.05) is 31.3 Å². The number of amides is 1. The van der Waals surface area contributed by atoms with Crippen LogP contribution >= 0.6 is 11.3 Å². The number of carbonyl (C=O) groups excluding carboxylic acids is 1. The minimum Gasteiger partial charge on any atom is -0.475 e. The molecule has 2 saturated heterocycles. The Morgan fingerprint density at radius 3 is 2.56 bits per heavy atom. The second-order valence-corrected chi connectivity index (χ2v) is 8.80. The van der Waals surface area contributed by atoms with Crippen molar-refractivity contribution in [1.82, 2.24) is 15.5 Å². The first kappa shape index (κ1) is 23.9. The number of aryl methyl sites for hydroxylation is 1. The third-order valence-corrected chi connectivity index (χ3v) is 6.11. The van der Waals surface area contributed by atoms with E-state index in [2.05, 4.69) is 20.4 Å². The number of hydrogen-bond donors (Lipinski definition) is 2. The van der Waals surface area contributed by atoms with Crippen LogP contribution in [0.5, 0.6) is 0 Å². The van der Waals surface area contributed by atoms with Crippen LogP contribution in [0.3, 0.4) is 0 Å². The van der Waals surface area contributed by atoms with Gasteiger partial charge in [-0.15, -0.1) is 10.2 Å². The van der Waals surface area contributed by atoms with Crippen LogP contribution in [0.15, 0.2) is 30.3 Å². The van der Waals surface area contributed by atoms with Gasteiger partial charge in [-0.25, -0.2) is 4.79 Å². The van der Waals surface area contributed by atoms with Gasteiger partial charge < -0.3 is 20.1 Å². The SMILES string of the molecule is Cc1nnc(N2CC[C@@]3(C[C@H](NC(=O)c4ccccc4)CCO3)C2)s1.O=C(O)C(F)(F)F. The van der Waals surface area contributed by atoms with E-state index in [0.717, 1.165) is 42.5 Å². The van der Waals surface area contributed by atoms with E-state index in [9.17, 15) is 18.0 Å². The van der Waals surface area contributed by atoms with E-state index in [0.29, 0.717) is 12.2 Å². The summed E-state index contributed by atoms with van der Waals surface area (Å²) in [7, 11) is 0. The molecule has 0 aliphatic carbocycles. The summed E-state index contributed by atoms with van der Waals surface area (Å²) in [6.07, 6.45) is -2.42. The van der Waals surface area contributed by atoms with Crippen molar-refractivity contribution in [2.75, 3.05) is 24.6 Å². The van der Waals surface area contributed by atoms with Crippen LogP contribution < -0.4 is 10.2 Å². The Morgan fingerprint density at radius 2 is 1.97 bits per heavy atom. The number of benzene rings is 1. The highest BCUT2D eigenvalue weighted by atomic mass is 32.1. The number of carbonyl (C=O) groups is 2. The van der Waals surface area contributed by atoms with Gasteiger partial charge in [0.2, 0.25) is 5.13 Å². The zero-order valence-corrected chi connectivity index (χ0v) is 18.1. The van der Waals surface area contributed by atoms with Crippen molar-refractivity contribution in [3.8, 4) is 0 Å². The first-order chi connectivity index (χ1) is 15.1. The first-order valence-corrected chi connectivity index (χ1v) is 10.7. The topological polar surface area (TPSA) is 105 Å². The van der Waals surface area contributed by atoms with E-state index in [1.807, 2.05) is 37.3 Å². The molecule has 12 heteroatoms. The van der Waals surface area contributed by atoms with Gasteiger partial charge in [-0.1, -0.05) is 29.5 Å². The van der Waals surface area contributed by atoms with Gasteiger partial charge in [-0.3, -0.25) is 4.79 Å². The van der Waals surface area contributed by atoms with Gasteiger partial charge in [0.1, 0.15) is 5.01 Å². The second-order valence-electron chi connectivity index (χ2n) is 7.64. The Hall–Kier alpha value is -2.73. The fourth-order valence-corrected chi connectivity index (χ4v) is 4.43. The highest BCUT2D eigenvalue weighted by Crippen LogP contribution is 2.37. The van der Waals surface area contributed by atoms with Crippen LogP contribution in [0, 0.1) is 6.92 Å². The molecule has 174 valence electrons. The summed E-state index contributed by atoms with van der Waals surface area (Å²) in [5.41, 5.74) is 0.521. The monoisotopic (exact) mass is 472 g/mol. The molecular formula is C20H23F3N4O4S. The molecule has 2 aliphatic rings. The molecule has 1 aromatic carbocycles. The molecule has 8 nitrogen and oxygen atoms in total. The number of hydrogen-bond acceptors (Lipinski definition) is 7. The number of rotatable bonds is 3. The molecule has 2 atom stereocenters. The van der Waals surface area contributed by atoms with Gasteiger partial charge in [0.25, 0.3) is 5.91 Å². The number of alkyl halides is 3. The van der Waals surface area contributed by atoms with Crippen molar-refractivity contribution in [1.29, 1.82) is 0 Å². The minimum atomic E-state index is -5.08. The molecule has 4 rings (SSSR count). The first-order valence-electron chi connectivity index (χ1n) is 9.93. The summed E-state index contributed by atoms with van der Waals surface area (Å²) in [5.74, 6) is -2.76. The molecule has 2 aliphatic heterocycles. The van der Waals surface area contributed by atoms with Crippen molar-refractivity contribution < 1.29 is 32.6 Å². The molecular weight excluding hydrogens is 449 g/mol. The highest BCUT2D eigenvalue weighted by Gasteiger charge is 2.44. The van der Waals surface area contributed by atoms with Crippen molar-refractivity contribution in [3.05, 3.63) is 40.9 Å². The second kappa shape index (κ2) is 9.82. The predicted octanol–water partition coefficient (Wildman–Crippen LogP) is 3.04. The molecule has 1 spiro atoms. The normalized spacial score (nSPS) is 22.9. The molecule has 2 N–H and O–H groups in total. The summed E-state index contributed by atoms with van der Waals surface area (Å²) in [5, 5.41) is 20.6. The lowest BCUT2D eigenvalue weighted by Crippen LogP contribution is -2.50. The number of aromatic nitrogens is 2. The van der Waals surface area contributed by atoms with Gasteiger partial charge in [0.05, 0.1) is 5.60 Å². The van der Waals surface area contributed by atoms with E-state index < -0.39 is 12.1 Å². The fourth-order valence-electron chi connectivity index (χ4n) is 3.72. The van der Waals surface area contributed by atoms with Crippen LogP contribution in [0.25, 0.3) is 0 Å². The maximum absolute atomic E-state index is 12.4. The number of anilines is 1. The largest absolute Gasteiger partial charge is 0.490 e. The minimum absolute atomic E-state index is 0.00255. The van der Waals surface area contributed by atoms with E-state index in [-0.39, 0.29) is 17.6 Å². The standard InChI is InChI=1S/C18H22N4O2S.C2HF3O2/c1-13-20-21-17(25-13)22-9-8-18(12-22)11-15(7-10-24-18)19-16(23)14-5-3-2-4-6-14;3-2(4,5)1(6)7/h2-6,15H,7-12H2,1H3,(H,19,23);(H,6,7)/t15-,18-;/m1./s1. The van der Waals surface area contributed by atoms with Crippen LogP contribution in [0.1, 0.15) is 34.6 Å². The maximum Gasteiger partial charge on any atom is 0.490 e. The molecule has 2 aromatic rings. The van der Waals surface area contributed by atoms with Crippen molar-refractivity contribution in [3.63, 3.8) is 0 Å². The molecule has 0 unspecified atom stereocenters. The van der Waals surface area contributed by atoms with Gasteiger partial charge in [-0.05, 0) is 38.3 Å². The lowest BCUT2D eigenvalue weighted by molar-refractivity contribution is -0.192. The zero-order chi connectivity index (χ0) is 23.4. The van der Waals surface area contributed by atoms with Gasteiger partial charge in [0.15, 0.2) is 0 Å². The van der Waals surface area contributed by atoms with Gasteiger partial charge in [-0.2, -0.15) is 13.2 Å². The fraction of sp³-hybridized carbons (Fsp3) is 0.500. The van der Waals surface area contributed by atoms with Crippen molar-refractivity contribution in [2.45, 2.75) is 44.0 Å². The number of nitrogens with one attached hydrogen (secondary N) is 1. The molecule has 3 heterocycles. The third kappa shape index (κ3) is 6.16. The number of carboxylic acids is 1. The average molecular weight is 472 g/mol. The molecule has 1 amide bonds. The average Bonchev–Trinajstić information content (AvgIpc) is 3.35. The molecule has 0 bridgehead atoms. The summed E-state index contributed by atoms with van der Waals surface area (Å²) in [6, 6.07) is 9.54. The summed E-state index contributed by atoms with van der Waals surface area (Å²) < 4.78 is 37.9. The Morgan fingerprint density at radius 1 is 1.28 bits per heavy atom. The maximum atomic E-state index is 12.4. The number of halogens is 3. The van der Waals surface area contributed by atoms with Crippen LogP contribution in [0.4, 0.5) is 18.3 Å². The van der Waals surface area contributed by atoms with Gasteiger partial charge >= 0.3 is 12.1 Å². The predicted molar refractivity (Wildman–Crippen MR) is 111 cm³/mol. The zero-order valence-electron chi connectivity index (χ0n) is 17.3. The van der Waals surface area contributed by atoms with Crippen molar-refractivity contribution >= 4 is 28.3 Å². The van der Waals surface area contributed by atoms with Crippen LogP contribution in [-0.2, 0) is 9.53 Å². The third-order valence-electron chi connectivity index (χ3n) is 5.21. The van der Waals surface area contributed by atoms with E-state index in [1.165, 1.54) is 0 Å². The number of carboxylic acid groups (broad SMARTS) is 1. The molecule has 0 saturated carbocycles. The highest BCUT2D eigenvalue weighted by molar-refractivity contribution is 7.15. The number of ether oxygens (including phenoxy) is 1. The summed E-state index contributed by atoms with van der Waals surface area (Å²) in [6.45, 7) is 4.40. The number of aliphatic carboxylic acids is 1. The van der Waals surface area contributed by atoms with Crippen LogP contribution in [-0.4, -0.2) is 64.7 Å². The van der Waals surface area contributed by atoms with E-state index in [4.69, 9.17) is 14.6 Å². The van der Waals surface area contributed by atoms with E-state index >= 15 is 0 Å². The van der Waals surface area contributed by atoms with E-state index in [1.54, 1.807) is 11.3 Å². The van der Waals surface area contributed by atoms with Crippen molar-refractivity contribution in [2.24, 2.45) is 0 Å². The van der Waals surface area contributed by atoms with Crippen LogP contribution in [0.2, 0.25) is 0 Å². The Bertz CT molecular complexity index is 940. The Balaban J connectivity index is 0.000000360. The molecule has 1 aromatic heterocycles. The Labute approximate surface area is 186 Å². The summed E-state index contributed by atoms with van der Waals surface area (Å²) >= 11 is 1.62.